The molecule has 0 unspecified atom stereocenters. The van der Waals surface area contributed by atoms with Crippen molar-refractivity contribution < 1.29 is 9.53 Å². The van der Waals surface area contributed by atoms with Crippen LogP contribution in [0.2, 0.25) is 10.0 Å². The van der Waals surface area contributed by atoms with Crippen molar-refractivity contribution in [3.05, 3.63) is 63.0 Å². The summed E-state index contributed by atoms with van der Waals surface area (Å²) in [6.07, 6.45) is 1.73. The van der Waals surface area contributed by atoms with Crippen LogP contribution in [-0.4, -0.2) is 16.8 Å². The molecule has 0 radical (unpaired) electrons. The van der Waals surface area contributed by atoms with Gasteiger partial charge in [-0.25, -0.2) is 0 Å². The molecular weight excluding hydrogens is 397 g/mol. The third-order valence-corrected chi connectivity index (χ3v) is 5.28. The minimum atomic E-state index is -0.165. The number of thiocarbonyl (C=S) groups is 1. The smallest absolute Gasteiger partial charge is 0.270 e. The van der Waals surface area contributed by atoms with E-state index in [4.69, 9.17) is 40.2 Å². The molecule has 128 valence electrons. The van der Waals surface area contributed by atoms with Crippen molar-refractivity contribution in [2.24, 2.45) is 0 Å². The lowest BCUT2D eigenvalue weighted by Crippen LogP contribution is -2.27. The molecular formula is C18H13Cl2NO2S2. The summed E-state index contributed by atoms with van der Waals surface area (Å²) in [7, 11) is 0. The van der Waals surface area contributed by atoms with Gasteiger partial charge in [0.05, 0.1) is 27.2 Å². The van der Waals surface area contributed by atoms with E-state index in [2.05, 4.69) is 0 Å². The third kappa shape index (κ3) is 3.85. The van der Waals surface area contributed by atoms with Gasteiger partial charge >= 0.3 is 0 Å². The summed E-state index contributed by atoms with van der Waals surface area (Å²) in [4.78, 5) is 14.8. The van der Waals surface area contributed by atoms with Crippen molar-refractivity contribution in [1.82, 2.24) is 0 Å². The second-order valence-electron chi connectivity index (χ2n) is 5.10. The molecule has 1 aliphatic rings. The molecule has 0 aliphatic carbocycles. The summed E-state index contributed by atoms with van der Waals surface area (Å²) in [5.41, 5.74) is 1.46. The van der Waals surface area contributed by atoms with Crippen LogP contribution in [0, 0.1) is 0 Å². The first kappa shape index (κ1) is 18.3. The maximum Gasteiger partial charge on any atom is 0.270 e. The number of benzene rings is 2. The SMILES string of the molecule is CCOc1c(Cl)cc(/C=C2/SC(=S)N(c3ccccc3)C2=O)cc1Cl. The van der Waals surface area contributed by atoms with Crippen LogP contribution >= 0.6 is 47.2 Å². The first-order valence-electron chi connectivity index (χ1n) is 7.46. The molecule has 3 rings (SSSR count). The summed E-state index contributed by atoms with van der Waals surface area (Å²) in [6, 6.07) is 12.7. The molecule has 1 aliphatic heterocycles. The third-order valence-electron chi connectivity index (χ3n) is 3.42. The van der Waals surface area contributed by atoms with Crippen molar-refractivity contribution in [3.8, 4) is 5.75 Å². The van der Waals surface area contributed by atoms with Crippen LogP contribution in [0.5, 0.6) is 5.75 Å². The highest BCUT2D eigenvalue weighted by molar-refractivity contribution is 8.27. The minimum absolute atomic E-state index is 0.165. The fourth-order valence-corrected chi connectivity index (χ4v) is 4.28. The molecule has 0 atom stereocenters. The van der Waals surface area contributed by atoms with E-state index in [0.29, 0.717) is 37.2 Å². The lowest BCUT2D eigenvalue weighted by molar-refractivity contribution is -0.113. The number of para-hydroxylation sites is 1. The largest absolute Gasteiger partial charge is 0.491 e. The van der Waals surface area contributed by atoms with Gasteiger partial charge in [0.15, 0.2) is 10.1 Å². The molecule has 2 aromatic carbocycles. The average molecular weight is 410 g/mol. The Bertz CT molecular complexity index is 846. The average Bonchev–Trinajstić information content (AvgIpc) is 2.85. The number of carbonyl (C=O) groups excluding carboxylic acids is 1. The predicted octanol–water partition coefficient (Wildman–Crippen LogP) is 5.80. The van der Waals surface area contributed by atoms with Gasteiger partial charge in [-0.15, -0.1) is 0 Å². The summed E-state index contributed by atoms with van der Waals surface area (Å²) in [5.74, 6) is 0.280. The summed E-state index contributed by atoms with van der Waals surface area (Å²) >= 11 is 19.0. The van der Waals surface area contributed by atoms with E-state index in [9.17, 15) is 4.79 Å². The van der Waals surface area contributed by atoms with Gasteiger partial charge in [0.1, 0.15) is 0 Å². The van der Waals surface area contributed by atoms with Crippen molar-refractivity contribution in [2.45, 2.75) is 6.92 Å². The molecule has 1 amide bonds. The van der Waals surface area contributed by atoms with Crippen LogP contribution in [0.3, 0.4) is 0 Å². The number of carbonyl (C=O) groups is 1. The molecule has 0 N–H and O–H groups in total. The van der Waals surface area contributed by atoms with Gasteiger partial charge in [-0.1, -0.05) is 65.4 Å². The molecule has 1 fully saturated rings. The van der Waals surface area contributed by atoms with Crippen molar-refractivity contribution in [2.75, 3.05) is 11.5 Å². The number of halogens is 2. The van der Waals surface area contributed by atoms with Gasteiger partial charge in [-0.2, -0.15) is 0 Å². The van der Waals surface area contributed by atoms with Crippen LogP contribution in [0.1, 0.15) is 12.5 Å². The molecule has 0 bridgehead atoms. The fourth-order valence-electron chi connectivity index (χ4n) is 2.36. The molecule has 0 saturated carbocycles. The number of nitrogens with zero attached hydrogens (tertiary/aromatic N) is 1. The fraction of sp³-hybridized carbons (Fsp3) is 0.111. The Morgan fingerprint density at radius 2 is 1.84 bits per heavy atom. The van der Waals surface area contributed by atoms with E-state index in [1.807, 2.05) is 37.3 Å². The van der Waals surface area contributed by atoms with Crippen LogP contribution < -0.4 is 9.64 Å². The molecule has 1 saturated heterocycles. The molecule has 2 aromatic rings. The van der Waals surface area contributed by atoms with Gasteiger partial charge in [-0.3, -0.25) is 9.69 Å². The highest BCUT2D eigenvalue weighted by Gasteiger charge is 2.33. The standard InChI is InChI=1S/C18H13Cl2NO2S2/c1-2-23-16-13(19)8-11(9-14(16)20)10-15-17(22)21(18(24)25-15)12-6-4-3-5-7-12/h3-10H,2H2,1H3/b15-10+. The zero-order chi connectivity index (χ0) is 18.0. The normalized spacial score (nSPS) is 16.0. The number of hydrogen-bond acceptors (Lipinski definition) is 4. The first-order chi connectivity index (χ1) is 12.0. The highest BCUT2D eigenvalue weighted by atomic mass is 35.5. The molecule has 7 heteroatoms. The Hall–Kier alpha value is -1.53. The van der Waals surface area contributed by atoms with E-state index in [-0.39, 0.29) is 5.91 Å². The van der Waals surface area contributed by atoms with Gasteiger partial charge in [0.25, 0.3) is 5.91 Å². The van der Waals surface area contributed by atoms with Crippen LogP contribution in [0.4, 0.5) is 5.69 Å². The zero-order valence-corrected chi connectivity index (χ0v) is 16.3. The maximum atomic E-state index is 12.7. The van der Waals surface area contributed by atoms with Crippen LogP contribution in [-0.2, 0) is 4.79 Å². The number of anilines is 1. The Morgan fingerprint density at radius 3 is 2.44 bits per heavy atom. The van der Waals surface area contributed by atoms with Crippen molar-refractivity contribution in [1.29, 1.82) is 0 Å². The number of amides is 1. The number of ether oxygens (including phenoxy) is 1. The second kappa shape index (κ2) is 7.79. The Balaban J connectivity index is 1.93. The maximum absolute atomic E-state index is 12.7. The topological polar surface area (TPSA) is 29.5 Å². The number of thioether (sulfide) groups is 1. The first-order valence-corrected chi connectivity index (χ1v) is 9.44. The van der Waals surface area contributed by atoms with E-state index in [1.54, 1.807) is 18.2 Å². The number of hydrogen-bond donors (Lipinski definition) is 0. The van der Waals surface area contributed by atoms with E-state index in [0.717, 1.165) is 5.69 Å². The zero-order valence-electron chi connectivity index (χ0n) is 13.2. The van der Waals surface area contributed by atoms with Gasteiger partial charge in [-0.05, 0) is 42.8 Å². The minimum Gasteiger partial charge on any atom is -0.491 e. The van der Waals surface area contributed by atoms with Gasteiger partial charge in [0, 0.05) is 0 Å². The second-order valence-corrected chi connectivity index (χ2v) is 7.59. The Kier molecular flexibility index (Phi) is 5.69. The van der Waals surface area contributed by atoms with E-state index in [1.165, 1.54) is 16.7 Å². The summed E-state index contributed by atoms with van der Waals surface area (Å²) in [5, 5.41) is 0.804. The molecule has 0 aromatic heterocycles. The monoisotopic (exact) mass is 409 g/mol. The van der Waals surface area contributed by atoms with Crippen molar-refractivity contribution in [3.63, 3.8) is 0 Å². The lowest BCUT2D eigenvalue weighted by atomic mass is 10.2. The van der Waals surface area contributed by atoms with Crippen LogP contribution in [0.15, 0.2) is 47.4 Å². The molecule has 1 heterocycles. The molecule has 0 spiro atoms. The van der Waals surface area contributed by atoms with Gasteiger partial charge in [0.2, 0.25) is 0 Å². The highest BCUT2D eigenvalue weighted by Crippen LogP contribution is 2.38. The quantitative estimate of drug-likeness (QED) is 0.471. The predicted molar refractivity (Wildman–Crippen MR) is 110 cm³/mol. The van der Waals surface area contributed by atoms with Crippen LogP contribution in [0.25, 0.3) is 6.08 Å². The lowest BCUT2D eigenvalue weighted by Gasteiger charge is -2.13. The van der Waals surface area contributed by atoms with E-state index >= 15 is 0 Å². The van der Waals surface area contributed by atoms with E-state index < -0.39 is 0 Å². The van der Waals surface area contributed by atoms with Crippen molar-refractivity contribution >= 4 is 69.2 Å². The summed E-state index contributed by atoms with van der Waals surface area (Å²) in [6.45, 7) is 2.32. The molecule has 3 nitrogen and oxygen atoms in total. The summed E-state index contributed by atoms with van der Waals surface area (Å²) < 4.78 is 5.91. The number of rotatable bonds is 4. The Morgan fingerprint density at radius 1 is 1.20 bits per heavy atom. The Labute approximate surface area is 165 Å². The van der Waals surface area contributed by atoms with Gasteiger partial charge < -0.3 is 4.74 Å². The molecule has 25 heavy (non-hydrogen) atoms.